The van der Waals surface area contributed by atoms with Crippen molar-refractivity contribution in [1.29, 1.82) is 0 Å². The lowest BCUT2D eigenvalue weighted by molar-refractivity contribution is 0.162. The molecule has 0 aliphatic heterocycles. The monoisotopic (exact) mass is 235 g/mol. The Bertz CT molecular complexity index is 240. The summed E-state index contributed by atoms with van der Waals surface area (Å²) in [6.07, 6.45) is 16.5. The van der Waals surface area contributed by atoms with Gasteiger partial charge in [-0.1, -0.05) is 25.7 Å². The molecule has 0 aromatic rings. The number of hydrogen-bond acceptors (Lipinski definition) is 1. The molecule has 1 N–H and O–H groups in total. The van der Waals surface area contributed by atoms with Crippen LogP contribution < -0.4 is 5.32 Å². The molecule has 0 aromatic carbocycles. The van der Waals surface area contributed by atoms with E-state index in [4.69, 9.17) is 0 Å². The van der Waals surface area contributed by atoms with Crippen molar-refractivity contribution < 1.29 is 0 Å². The van der Waals surface area contributed by atoms with Gasteiger partial charge in [-0.05, 0) is 63.2 Å². The maximum atomic E-state index is 3.90. The minimum absolute atomic E-state index is 0.769. The van der Waals surface area contributed by atoms with Crippen LogP contribution in [0.2, 0.25) is 0 Å². The summed E-state index contributed by atoms with van der Waals surface area (Å²) >= 11 is 0. The third kappa shape index (κ3) is 3.05. The first-order valence-electron chi connectivity index (χ1n) is 8.02. The Morgan fingerprint density at radius 1 is 1.00 bits per heavy atom. The van der Waals surface area contributed by atoms with E-state index in [2.05, 4.69) is 12.2 Å². The average Bonchev–Trinajstić information content (AvgIpc) is 3.01. The lowest BCUT2D eigenvalue weighted by Gasteiger charge is -2.38. The van der Waals surface area contributed by atoms with Gasteiger partial charge in [0, 0.05) is 12.1 Å². The van der Waals surface area contributed by atoms with E-state index in [-0.39, 0.29) is 0 Å². The van der Waals surface area contributed by atoms with Gasteiger partial charge in [0.2, 0.25) is 0 Å². The zero-order valence-electron chi connectivity index (χ0n) is 11.5. The molecule has 3 fully saturated rings. The van der Waals surface area contributed by atoms with Gasteiger partial charge in [0.25, 0.3) is 0 Å². The van der Waals surface area contributed by atoms with Crippen LogP contribution in [-0.2, 0) is 0 Å². The summed E-state index contributed by atoms with van der Waals surface area (Å²) in [6.45, 7) is 2.40. The molecule has 1 heteroatoms. The number of hydrogen-bond donors (Lipinski definition) is 1. The van der Waals surface area contributed by atoms with E-state index < -0.39 is 0 Å². The van der Waals surface area contributed by atoms with Crippen molar-refractivity contribution in [2.75, 3.05) is 0 Å². The van der Waals surface area contributed by atoms with E-state index in [1.54, 1.807) is 0 Å². The quantitative estimate of drug-likeness (QED) is 0.767. The first-order valence-corrected chi connectivity index (χ1v) is 8.02. The van der Waals surface area contributed by atoms with Crippen molar-refractivity contribution in [2.24, 2.45) is 11.3 Å². The molecule has 0 heterocycles. The molecule has 1 nitrogen and oxygen atoms in total. The summed E-state index contributed by atoms with van der Waals surface area (Å²) in [5.41, 5.74) is 0.803. The van der Waals surface area contributed by atoms with Gasteiger partial charge in [-0.15, -0.1) is 0 Å². The molecule has 3 aliphatic carbocycles. The van der Waals surface area contributed by atoms with Crippen LogP contribution in [0.25, 0.3) is 0 Å². The summed E-state index contributed by atoms with van der Waals surface area (Å²) in [7, 11) is 0. The first-order chi connectivity index (χ1) is 8.26. The summed E-state index contributed by atoms with van der Waals surface area (Å²) in [6, 6.07) is 1.61. The molecular weight excluding hydrogens is 206 g/mol. The minimum Gasteiger partial charge on any atom is -0.311 e. The lowest BCUT2D eigenvalue weighted by atomic mass is 9.71. The zero-order valence-corrected chi connectivity index (χ0v) is 11.5. The number of rotatable bonds is 4. The molecule has 17 heavy (non-hydrogen) atoms. The molecule has 1 spiro atoms. The molecule has 1 unspecified atom stereocenters. The maximum absolute atomic E-state index is 3.90. The van der Waals surface area contributed by atoms with Gasteiger partial charge >= 0.3 is 0 Å². The van der Waals surface area contributed by atoms with Gasteiger partial charge in [0.15, 0.2) is 0 Å². The Morgan fingerprint density at radius 2 is 1.65 bits per heavy atom. The summed E-state index contributed by atoms with van der Waals surface area (Å²) < 4.78 is 0. The minimum atomic E-state index is 0.769. The fraction of sp³-hybridized carbons (Fsp3) is 1.00. The molecule has 3 rings (SSSR count). The molecule has 3 aliphatic rings. The standard InChI is InChI=1S/C16H29N/c1-13(12-14-4-5-14)17-15-6-10-16(11-7-15)8-2-3-9-16/h13-15,17H,2-12H2,1H3. The molecule has 0 radical (unpaired) electrons. The van der Waals surface area contributed by atoms with Crippen molar-refractivity contribution in [2.45, 2.75) is 89.6 Å². The highest BCUT2D eigenvalue weighted by Gasteiger charge is 2.37. The Kier molecular flexibility index (Phi) is 3.47. The van der Waals surface area contributed by atoms with Crippen LogP contribution in [0.15, 0.2) is 0 Å². The largest absolute Gasteiger partial charge is 0.311 e. The summed E-state index contributed by atoms with van der Waals surface area (Å²) in [5, 5.41) is 3.90. The van der Waals surface area contributed by atoms with Gasteiger partial charge in [0.05, 0.1) is 0 Å². The fourth-order valence-corrected chi connectivity index (χ4v) is 4.35. The second kappa shape index (κ2) is 4.91. The molecule has 98 valence electrons. The highest BCUT2D eigenvalue weighted by Crippen LogP contribution is 2.49. The first kappa shape index (κ1) is 12.0. The second-order valence-corrected chi connectivity index (χ2v) is 7.23. The maximum Gasteiger partial charge on any atom is 0.00699 e. The van der Waals surface area contributed by atoms with Crippen LogP contribution in [0, 0.1) is 11.3 Å². The SMILES string of the molecule is CC(CC1CC1)NC1CCC2(CCCC2)CC1. The number of nitrogens with one attached hydrogen (secondary N) is 1. The van der Waals surface area contributed by atoms with E-state index in [1.807, 2.05) is 0 Å². The van der Waals surface area contributed by atoms with Gasteiger partial charge in [-0.3, -0.25) is 0 Å². The lowest BCUT2D eigenvalue weighted by Crippen LogP contribution is -2.41. The third-order valence-corrected chi connectivity index (χ3v) is 5.61. The van der Waals surface area contributed by atoms with Crippen molar-refractivity contribution in [3.8, 4) is 0 Å². The van der Waals surface area contributed by atoms with E-state index in [0.717, 1.165) is 23.4 Å². The highest BCUT2D eigenvalue weighted by atomic mass is 14.9. The predicted octanol–water partition coefficient (Wildman–Crippen LogP) is 4.27. The average molecular weight is 235 g/mol. The molecule has 0 bridgehead atoms. The summed E-state index contributed by atoms with van der Waals surface area (Å²) in [5.74, 6) is 1.07. The molecule has 0 aromatic heterocycles. The van der Waals surface area contributed by atoms with Gasteiger partial charge in [-0.25, -0.2) is 0 Å². The van der Waals surface area contributed by atoms with Crippen LogP contribution in [0.1, 0.15) is 77.6 Å². The molecule has 0 amide bonds. The normalized spacial score (nSPS) is 30.9. The third-order valence-electron chi connectivity index (χ3n) is 5.61. The van der Waals surface area contributed by atoms with E-state index >= 15 is 0 Å². The highest BCUT2D eigenvalue weighted by molar-refractivity contribution is 4.92. The summed E-state index contributed by atoms with van der Waals surface area (Å²) in [4.78, 5) is 0. The van der Waals surface area contributed by atoms with Crippen LogP contribution in [0.4, 0.5) is 0 Å². The van der Waals surface area contributed by atoms with Crippen LogP contribution in [0.3, 0.4) is 0 Å². The zero-order chi connectivity index (χ0) is 11.7. The van der Waals surface area contributed by atoms with Crippen molar-refractivity contribution in [3.63, 3.8) is 0 Å². The molecule has 3 saturated carbocycles. The van der Waals surface area contributed by atoms with Crippen LogP contribution in [0.5, 0.6) is 0 Å². The second-order valence-electron chi connectivity index (χ2n) is 7.23. The van der Waals surface area contributed by atoms with E-state index in [9.17, 15) is 0 Å². The van der Waals surface area contributed by atoms with E-state index in [0.29, 0.717) is 0 Å². The Balaban J connectivity index is 1.41. The Hall–Kier alpha value is -0.0400. The Labute approximate surface area is 107 Å². The topological polar surface area (TPSA) is 12.0 Å². The van der Waals surface area contributed by atoms with Crippen LogP contribution >= 0.6 is 0 Å². The van der Waals surface area contributed by atoms with Crippen molar-refractivity contribution in [3.05, 3.63) is 0 Å². The van der Waals surface area contributed by atoms with E-state index in [1.165, 1.54) is 70.6 Å². The van der Waals surface area contributed by atoms with Gasteiger partial charge in [-0.2, -0.15) is 0 Å². The van der Waals surface area contributed by atoms with Crippen molar-refractivity contribution >= 4 is 0 Å². The predicted molar refractivity (Wildman–Crippen MR) is 73.1 cm³/mol. The molecular formula is C16H29N. The Morgan fingerprint density at radius 3 is 2.24 bits per heavy atom. The van der Waals surface area contributed by atoms with Crippen molar-refractivity contribution in [1.82, 2.24) is 5.32 Å². The van der Waals surface area contributed by atoms with Gasteiger partial charge in [0.1, 0.15) is 0 Å². The molecule has 0 saturated heterocycles. The van der Waals surface area contributed by atoms with Gasteiger partial charge < -0.3 is 5.32 Å². The fourth-order valence-electron chi connectivity index (χ4n) is 4.35. The molecule has 1 atom stereocenters. The van der Waals surface area contributed by atoms with Crippen LogP contribution in [-0.4, -0.2) is 12.1 Å². The smallest absolute Gasteiger partial charge is 0.00699 e.